The van der Waals surface area contributed by atoms with Crippen LogP contribution in [-0.2, 0) is 4.79 Å². The number of phenols is 1. The maximum absolute atomic E-state index is 11.7. The highest BCUT2D eigenvalue weighted by Crippen LogP contribution is 2.21. The molecular weight excluding hydrogens is 256 g/mol. The first kappa shape index (κ1) is 13.7. The predicted molar refractivity (Wildman–Crippen MR) is 77.8 cm³/mol. The zero-order valence-corrected chi connectivity index (χ0v) is 11.1. The molecule has 104 valence electrons. The Morgan fingerprint density at radius 2 is 2.05 bits per heavy atom. The van der Waals surface area contributed by atoms with Gasteiger partial charge in [-0.15, -0.1) is 0 Å². The van der Waals surface area contributed by atoms with E-state index in [9.17, 15) is 9.90 Å². The number of nitrogens with one attached hydrogen (secondary N) is 1. The van der Waals surface area contributed by atoms with Crippen LogP contribution >= 0.6 is 0 Å². The Balaban J connectivity index is 1.93. The van der Waals surface area contributed by atoms with Crippen molar-refractivity contribution in [2.24, 2.45) is 0 Å². The summed E-state index contributed by atoms with van der Waals surface area (Å²) in [5.41, 5.74) is 7.45. The van der Waals surface area contributed by atoms with E-state index in [0.717, 1.165) is 5.56 Å². The number of anilines is 2. The van der Waals surface area contributed by atoms with E-state index in [2.05, 4.69) is 5.32 Å². The van der Waals surface area contributed by atoms with Gasteiger partial charge < -0.3 is 20.9 Å². The van der Waals surface area contributed by atoms with Gasteiger partial charge in [-0.25, -0.2) is 0 Å². The summed E-state index contributed by atoms with van der Waals surface area (Å²) in [6.07, 6.45) is 0. The number of hydrogen-bond donors (Lipinski definition) is 3. The highest BCUT2D eigenvalue weighted by atomic mass is 16.5. The van der Waals surface area contributed by atoms with Gasteiger partial charge in [-0.3, -0.25) is 4.79 Å². The highest BCUT2D eigenvalue weighted by molar-refractivity contribution is 5.92. The van der Waals surface area contributed by atoms with E-state index >= 15 is 0 Å². The lowest BCUT2D eigenvalue weighted by Crippen LogP contribution is -2.20. The number of aromatic hydroxyl groups is 1. The molecular formula is C15H16N2O3. The summed E-state index contributed by atoms with van der Waals surface area (Å²) >= 11 is 0. The molecule has 0 aliphatic carbocycles. The van der Waals surface area contributed by atoms with Crippen LogP contribution in [0.5, 0.6) is 11.5 Å². The quantitative estimate of drug-likeness (QED) is 0.746. The molecule has 0 heterocycles. The van der Waals surface area contributed by atoms with Gasteiger partial charge in [-0.1, -0.05) is 18.2 Å². The van der Waals surface area contributed by atoms with Crippen molar-refractivity contribution in [1.29, 1.82) is 0 Å². The summed E-state index contributed by atoms with van der Waals surface area (Å²) in [5.74, 6) is 0.280. The van der Waals surface area contributed by atoms with Crippen molar-refractivity contribution in [2.45, 2.75) is 6.92 Å². The third kappa shape index (κ3) is 3.41. The third-order valence-electron chi connectivity index (χ3n) is 2.77. The van der Waals surface area contributed by atoms with Crippen molar-refractivity contribution in [3.05, 3.63) is 48.0 Å². The number of nitrogens with two attached hydrogens (primary N) is 1. The number of para-hydroxylation sites is 2. The number of aryl methyl sites for hydroxylation is 1. The molecule has 2 rings (SSSR count). The molecule has 0 bridgehead atoms. The number of carbonyl (C=O) groups is 1. The van der Waals surface area contributed by atoms with Gasteiger partial charge in [0.15, 0.2) is 6.61 Å². The molecule has 0 spiro atoms. The first-order valence-corrected chi connectivity index (χ1v) is 6.13. The van der Waals surface area contributed by atoms with Crippen molar-refractivity contribution in [3.63, 3.8) is 0 Å². The van der Waals surface area contributed by atoms with E-state index in [1.54, 1.807) is 43.3 Å². The van der Waals surface area contributed by atoms with Gasteiger partial charge in [0.1, 0.15) is 11.5 Å². The van der Waals surface area contributed by atoms with E-state index in [-0.39, 0.29) is 18.3 Å². The molecule has 5 heteroatoms. The molecule has 0 atom stereocenters. The van der Waals surface area contributed by atoms with Gasteiger partial charge in [0.2, 0.25) is 0 Å². The van der Waals surface area contributed by atoms with E-state index in [1.807, 2.05) is 0 Å². The fourth-order valence-corrected chi connectivity index (χ4v) is 1.64. The molecule has 0 saturated carbocycles. The lowest BCUT2D eigenvalue weighted by atomic mass is 10.2. The molecule has 0 unspecified atom stereocenters. The second-order valence-corrected chi connectivity index (χ2v) is 4.38. The smallest absolute Gasteiger partial charge is 0.262 e. The second kappa shape index (κ2) is 5.97. The van der Waals surface area contributed by atoms with E-state index < -0.39 is 0 Å². The Bertz CT molecular complexity index is 626. The first-order valence-electron chi connectivity index (χ1n) is 6.13. The van der Waals surface area contributed by atoms with E-state index in [4.69, 9.17) is 10.5 Å². The molecule has 0 aromatic heterocycles. The SMILES string of the molecule is Cc1ccc(NC(=O)COc2ccccc2N)cc1O. The second-order valence-electron chi connectivity index (χ2n) is 4.38. The minimum Gasteiger partial charge on any atom is -0.508 e. The van der Waals surface area contributed by atoms with Gasteiger partial charge in [0.25, 0.3) is 5.91 Å². The summed E-state index contributed by atoms with van der Waals surface area (Å²) in [5, 5.41) is 12.2. The Morgan fingerprint density at radius 1 is 1.30 bits per heavy atom. The van der Waals surface area contributed by atoms with Gasteiger partial charge in [0.05, 0.1) is 5.69 Å². The topological polar surface area (TPSA) is 84.6 Å². The molecule has 0 fully saturated rings. The number of ether oxygens (including phenoxy) is 1. The average molecular weight is 272 g/mol. The fraction of sp³-hybridized carbons (Fsp3) is 0.133. The zero-order chi connectivity index (χ0) is 14.5. The first-order chi connectivity index (χ1) is 9.56. The Hall–Kier alpha value is -2.69. The zero-order valence-electron chi connectivity index (χ0n) is 11.1. The summed E-state index contributed by atoms with van der Waals surface area (Å²) in [6.45, 7) is 1.63. The number of phenolic OH excluding ortho intramolecular Hbond substituents is 1. The molecule has 2 aromatic carbocycles. The number of carbonyl (C=O) groups excluding carboxylic acids is 1. The Morgan fingerprint density at radius 3 is 2.75 bits per heavy atom. The lowest BCUT2D eigenvalue weighted by Gasteiger charge is -2.09. The van der Waals surface area contributed by atoms with Crippen LogP contribution in [0.4, 0.5) is 11.4 Å². The largest absolute Gasteiger partial charge is 0.508 e. The number of amides is 1. The van der Waals surface area contributed by atoms with Crippen LogP contribution in [0.2, 0.25) is 0 Å². The average Bonchev–Trinajstić information content (AvgIpc) is 2.42. The van der Waals surface area contributed by atoms with Crippen LogP contribution in [0.1, 0.15) is 5.56 Å². The normalized spacial score (nSPS) is 10.1. The third-order valence-corrected chi connectivity index (χ3v) is 2.77. The summed E-state index contributed by atoms with van der Waals surface area (Å²) in [4.78, 5) is 11.7. The van der Waals surface area contributed by atoms with Crippen molar-refractivity contribution >= 4 is 17.3 Å². The predicted octanol–water partition coefficient (Wildman–Crippen LogP) is 2.30. The van der Waals surface area contributed by atoms with Gasteiger partial charge in [-0.05, 0) is 30.7 Å². The van der Waals surface area contributed by atoms with Crippen LogP contribution in [0.3, 0.4) is 0 Å². The molecule has 20 heavy (non-hydrogen) atoms. The number of benzene rings is 2. The molecule has 0 saturated heterocycles. The maximum Gasteiger partial charge on any atom is 0.262 e. The number of rotatable bonds is 4. The van der Waals surface area contributed by atoms with Crippen molar-refractivity contribution in [3.8, 4) is 11.5 Å². The van der Waals surface area contributed by atoms with Crippen LogP contribution in [-0.4, -0.2) is 17.6 Å². The summed E-state index contributed by atoms with van der Waals surface area (Å²) in [6, 6.07) is 11.9. The van der Waals surface area contributed by atoms with Crippen LogP contribution < -0.4 is 15.8 Å². The molecule has 0 aliphatic rings. The fourth-order valence-electron chi connectivity index (χ4n) is 1.64. The van der Waals surface area contributed by atoms with Crippen LogP contribution in [0, 0.1) is 6.92 Å². The molecule has 2 aromatic rings. The van der Waals surface area contributed by atoms with Crippen molar-refractivity contribution in [1.82, 2.24) is 0 Å². The van der Waals surface area contributed by atoms with Gasteiger partial charge in [0, 0.05) is 11.8 Å². The molecule has 1 amide bonds. The number of nitrogen functional groups attached to an aromatic ring is 1. The van der Waals surface area contributed by atoms with Gasteiger partial charge >= 0.3 is 0 Å². The molecule has 4 N–H and O–H groups in total. The monoisotopic (exact) mass is 272 g/mol. The Kier molecular flexibility index (Phi) is 4.10. The lowest BCUT2D eigenvalue weighted by molar-refractivity contribution is -0.118. The molecule has 0 radical (unpaired) electrons. The van der Waals surface area contributed by atoms with Crippen molar-refractivity contribution < 1.29 is 14.6 Å². The highest BCUT2D eigenvalue weighted by Gasteiger charge is 2.06. The van der Waals surface area contributed by atoms with Crippen LogP contribution in [0.25, 0.3) is 0 Å². The van der Waals surface area contributed by atoms with Crippen molar-refractivity contribution in [2.75, 3.05) is 17.7 Å². The van der Waals surface area contributed by atoms with Gasteiger partial charge in [-0.2, -0.15) is 0 Å². The summed E-state index contributed by atoms with van der Waals surface area (Å²) < 4.78 is 5.33. The molecule has 5 nitrogen and oxygen atoms in total. The Labute approximate surface area is 117 Å². The summed E-state index contributed by atoms with van der Waals surface area (Å²) in [7, 11) is 0. The molecule has 0 aliphatic heterocycles. The standard InChI is InChI=1S/C15H16N2O3/c1-10-6-7-11(8-13(10)18)17-15(19)9-20-14-5-3-2-4-12(14)16/h2-8,18H,9,16H2,1H3,(H,17,19). The maximum atomic E-state index is 11.7. The van der Waals surface area contributed by atoms with E-state index in [0.29, 0.717) is 17.1 Å². The van der Waals surface area contributed by atoms with E-state index in [1.165, 1.54) is 6.07 Å². The van der Waals surface area contributed by atoms with Crippen LogP contribution in [0.15, 0.2) is 42.5 Å². The number of hydrogen-bond acceptors (Lipinski definition) is 4. The minimum absolute atomic E-state index is 0.135. The minimum atomic E-state index is -0.323.